The van der Waals surface area contributed by atoms with Crippen molar-refractivity contribution in [1.29, 1.82) is 0 Å². The Labute approximate surface area is 240 Å². The van der Waals surface area contributed by atoms with E-state index in [1.807, 2.05) is 12.1 Å². The van der Waals surface area contributed by atoms with E-state index in [-0.39, 0.29) is 17.4 Å². The number of hydrogen-bond donors (Lipinski definition) is 3. The Morgan fingerprint density at radius 1 is 1.20 bits per heavy atom. The van der Waals surface area contributed by atoms with Gasteiger partial charge in [-0.2, -0.15) is 0 Å². The zero-order valence-electron chi connectivity index (χ0n) is 25.1. The van der Waals surface area contributed by atoms with E-state index in [1.165, 1.54) is 19.3 Å². The van der Waals surface area contributed by atoms with Crippen molar-refractivity contribution in [3.63, 3.8) is 0 Å². The van der Waals surface area contributed by atoms with Gasteiger partial charge in [0.1, 0.15) is 11.6 Å². The van der Waals surface area contributed by atoms with E-state index >= 15 is 0 Å². The summed E-state index contributed by atoms with van der Waals surface area (Å²) in [5, 5.41) is 9.81. The van der Waals surface area contributed by atoms with E-state index in [0.29, 0.717) is 28.9 Å². The molecule has 1 aliphatic carbocycles. The zero-order valence-corrected chi connectivity index (χ0v) is 25.1. The predicted molar refractivity (Wildman–Crippen MR) is 165 cm³/mol. The first-order valence-electron chi connectivity index (χ1n) is 14.7. The number of benzene rings is 1. The Hall–Kier alpha value is -3.26. The molecule has 1 saturated carbocycles. The van der Waals surface area contributed by atoms with Crippen LogP contribution in [0.3, 0.4) is 0 Å². The van der Waals surface area contributed by atoms with E-state index in [9.17, 15) is 4.79 Å². The number of allylic oxidation sites excluding steroid dienone is 1. The second-order valence-corrected chi connectivity index (χ2v) is 11.9. The number of aliphatic imine (C=N–C) groups is 1. The third-order valence-electron chi connectivity index (χ3n) is 8.52. The van der Waals surface area contributed by atoms with Crippen molar-refractivity contribution >= 4 is 17.4 Å². The van der Waals surface area contributed by atoms with Crippen LogP contribution in [-0.2, 0) is 0 Å². The summed E-state index contributed by atoms with van der Waals surface area (Å²) in [5.41, 5.74) is 3.27. The molecule has 4 rings (SSSR count). The smallest absolute Gasteiger partial charge is 0.251 e. The molecule has 1 atom stereocenters. The average molecular weight is 549 g/mol. The fourth-order valence-corrected chi connectivity index (χ4v) is 6.12. The van der Waals surface area contributed by atoms with Gasteiger partial charge in [0.2, 0.25) is 0 Å². The minimum atomic E-state index is -0.111. The quantitative estimate of drug-likeness (QED) is 0.419. The molecule has 1 amide bonds. The molecule has 0 spiro atoms. The molecular weight excluding hydrogens is 500 g/mol. The molecule has 3 N–H and O–H groups in total. The number of hydrogen-bond acceptors (Lipinski definition) is 6. The van der Waals surface area contributed by atoms with E-state index in [1.54, 1.807) is 13.2 Å². The highest BCUT2D eigenvalue weighted by Gasteiger charge is 2.39. The summed E-state index contributed by atoms with van der Waals surface area (Å²) in [5.74, 6) is 1.90. The highest BCUT2D eigenvalue weighted by molar-refractivity contribution is 5.99. The maximum absolute atomic E-state index is 12.9. The zero-order chi connectivity index (χ0) is 28.9. The molecule has 40 heavy (non-hydrogen) atoms. The van der Waals surface area contributed by atoms with Crippen molar-refractivity contribution in [3.8, 4) is 5.75 Å². The highest BCUT2D eigenvalue weighted by atomic mass is 16.5. The third kappa shape index (κ3) is 6.72. The summed E-state index contributed by atoms with van der Waals surface area (Å²) >= 11 is 0. The largest absolute Gasteiger partial charge is 0.495 e. The topological polar surface area (TPSA) is 81.2 Å². The molecule has 0 radical (unpaired) electrons. The van der Waals surface area contributed by atoms with Crippen LogP contribution in [0.25, 0.3) is 0 Å². The number of methoxy groups -OCH3 is 1. The molecule has 1 aromatic carbocycles. The summed E-state index contributed by atoms with van der Waals surface area (Å²) in [6.07, 6.45) is 10.3. The third-order valence-corrected chi connectivity index (χ3v) is 8.52. The molecule has 0 aromatic heterocycles. The number of rotatable bonds is 7. The number of likely N-dealkylation sites (N-methyl/N-ethyl adjacent to an activating group) is 1. The monoisotopic (exact) mass is 548 g/mol. The molecule has 8 heteroatoms. The van der Waals surface area contributed by atoms with E-state index in [4.69, 9.17) is 9.73 Å². The summed E-state index contributed by atoms with van der Waals surface area (Å²) in [4.78, 5) is 22.7. The number of amides is 1. The van der Waals surface area contributed by atoms with Gasteiger partial charge in [-0.3, -0.25) is 4.79 Å². The van der Waals surface area contributed by atoms with E-state index < -0.39 is 0 Å². The molecule has 3 aliphatic rings. The number of carbonyl (C=O) groups is 1. The fourth-order valence-electron chi connectivity index (χ4n) is 6.12. The first-order chi connectivity index (χ1) is 19.1. The summed E-state index contributed by atoms with van der Waals surface area (Å²) in [6, 6.07) is 6.02. The normalized spacial score (nSPS) is 24.1. The standard InChI is InChI=1S/C32H48N6O2/c1-8-28-30(38(26-14-10-9-11-15-26)21-32(4,5)22(2)37(28)6)35-23(3)34-27-17-16-24(19-29(27)40-7)31(39)36-25-13-12-18-33-20-25/h8,16-17,19,25-26,33-34H,2-3,9-15,18,20-21H2,1,4-7H3,(H,36,39)/b28-8+,35-30+/t25-/m0/s1. The van der Waals surface area contributed by atoms with E-state index in [0.717, 1.165) is 62.5 Å². The molecule has 3 fully saturated rings. The molecule has 8 nitrogen and oxygen atoms in total. The molecule has 2 aliphatic heterocycles. The Balaban J connectivity index is 1.59. The van der Waals surface area contributed by atoms with Crippen molar-refractivity contribution in [2.24, 2.45) is 10.4 Å². The molecule has 2 saturated heterocycles. The number of carbonyl (C=O) groups excluding carboxylic acids is 1. The van der Waals surface area contributed by atoms with E-state index in [2.05, 4.69) is 72.8 Å². The van der Waals surface area contributed by atoms with Gasteiger partial charge in [0, 0.05) is 48.9 Å². The molecule has 218 valence electrons. The maximum Gasteiger partial charge on any atom is 0.251 e. The summed E-state index contributed by atoms with van der Waals surface area (Å²) < 4.78 is 5.67. The lowest BCUT2D eigenvalue weighted by molar-refractivity contribution is 0.0930. The van der Waals surface area contributed by atoms with Crippen LogP contribution in [0.15, 0.2) is 59.6 Å². The lowest BCUT2D eigenvalue weighted by atomic mass is 9.87. The van der Waals surface area contributed by atoms with Gasteiger partial charge in [0.05, 0.1) is 18.5 Å². The van der Waals surface area contributed by atoms with Crippen LogP contribution in [0, 0.1) is 5.41 Å². The predicted octanol–water partition coefficient (Wildman–Crippen LogP) is 5.48. The minimum Gasteiger partial charge on any atom is -0.495 e. The highest BCUT2D eigenvalue weighted by Crippen LogP contribution is 2.38. The van der Waals surface area contributed by atoms with Gasteiger partial charge >= 0.3 is 0 Å². The number of amidine groups is 1. The van der Waals surface area contributed by atoms with Crippen LogP contribution in [0.5, 0.6) is 5.75 Å². The number of nitrogens with zero attached hydrogens (tertiary/aromatic N) is 3. The van der Waals surface area contributed by atoms with Crippen LogP contribution in [0.4, 0.5) is 5.69 Å². The Bertz CT molecular complexity index is 1160. The maximum atomic E-state index is 12.9. The van der Waals surface area contributed by atoms with Crippen molar-refractivity contribution in [2.75, 3.05) is 39.1 Å². The van der Waals surface area contributed by atoms with Gasteiger partial charge < -0.3 is 30.5 Å². The lowest BCUT2D eigenvalue weighted by Gasteiger charge is -2.39. The SMILES string of the molecule is C=C(/N=C1\C(=C/C)N(C)C(=C)C(C)(C)CN1C1CCCCC1)Nc1ccc(C(=O)N[C@H]2CCCNC2)cc1OC. The number of ether oxygens (including phenoxy) is 1. The Morgan fingerprint density at radius 2 is 1.95 bits per heavy atom. The van der Waals surface area contributed by atoms with Crippen molar-refractivity contribution in [3.05, 3.63) is 60.2 Å². The van der Waals surface area contributed by atoms with Crippen LogP contribution in [-0.4, -0.2) is 67.4 Å². The molecule has 1 aromatic rings. The molecular formula is C32H48N6O2. The average Bonchev–Trinajstić information content (AvgIpc) is 3.02. The molecule has 2 heterocycles. The summed E-state index contributed by atoms with van der Waals surface area (Å²) in [6.45, 7) is 18.0. The number of piperidine rings is 1. The van der Waals surface area contributed by atoms with Gasteiger partial charge in [-0.1, -0.05) is 52.3 Å². The Morgan fingerprint density at radius 3 is 2.60 bits per heavy atom. The van der Waals surface area contributed by atoms with Crippen molar-refractivity contribution < 1.29 is 9.53 Å². The van der Waals surface area contributed by atoms with Crippen LogP contribution in [0.2, 0.25) is 0 Å². The molecule has 0 unspecified atom stereocenters. The first-order valence-corrected chi connectivity index (χ1v) is 14.7. The van der Waals surface area contributed by atoms with Crippen LogP contribution < -0.4 is 20.7 Å². The van der Waals surface area contributed by atoms with Gasteiger partial charge in [-0.25, -0.2) is 4.99 Å². The van der Waals surface area contributed by atoms with Gasteiger partial charge in [0.25, 0.3) is 5.91 Å². The lowest BCUT2D eigenvalue weighted by Crippen LogP contribution is -2.45. The first kappa shape index (κ1) is 29.7. The van der Waals surface area contributed by atoms with Gasteiger partial charge in [-0.15, -0.1) is 0 Å². The summed E-state index contributed by atoms with van der Waals surface area (Å²) in [7, 11) is 3.68. The number of anilines is 1. The molecule has 0 bridgehead atoms. The van der Waals surface area contributed by atoms with Crippen LogP contribution >= 0.6 is 0 Å². The van der Waals surface area contributed by atoms with Crippen molar-refractivity contribution in [1.82, 2.24) is 20.4 Å². The van der Waals surface area contributed by atoms with Gasteiger partial charge in [-0.05, 0) is 57.4 Å². The fraction of sp³-hybridized carbons (Fsp3) is 0.562. The van der Waals surface area contributed by atoms with Crippen molar-refractivity contribution in [2.45, 2.75) is 77.8 Å². The second kappa shape index (κ2) is 12.9. The second-order valence-electron chi connectivity index (χ2n) is 11.9. The number of nitrogens with one attached hydrogen (secondary N) is 3. The minimum absolute atomic E-state index is 0.0946. The Kier molecular flexibility index (Phi) is 9.61. The van der Waals surface area contributed by atoms with Gasteiger partial charge in [0.15, 0.2) is 5.84 Å². The van der Waals surface area contributed by atoms with Crippen LogP contribution in [0.1, 0.15) is 76.1 Å².